The first-order chi connectivity index (χ1) is 14.7. The molecule has 0 bridgehead atoms. The van der Waals surface area contributed by atoms with Gasteiger partial charge in [0.2, 0.25) is 0 Å². The summed E-state index contributed by atoms with van der Waals surface area (Å²) in [6, 6.07) is 11.5. The third kappa shape index (κ3) is 7.40. The molecular formula is C23H28BrN3O4. The number of carbonyl (C=O) groups is 2. The smallest absolute Gasteiger partial charge is 0.262 e. The summed E-state index contributed by atoms with van der Waals surface area (Å²) in [5, 5.41) is 6.79. The van der Waals surface area contributed by atoms with Crippen LogP contribution in [0, 0.1) is 5.92 Å². The number of carbonyl (C=O) groups excluding carboxylic acids is 2. The predicted octanol–water partition coefficient (Wildman–Crippen LogP) is 4.15. The van der Waals surface area contributed by atoms with Crippen molar-refractivity contribution < 1.29 is 19.1 Å². The summed E-state index contributed by atoms with van der Waals surface area (Å²) in [4.78, 5) is 25.1. The van der Waals surface area contributed by atoms with E-state index in [2.05, 4.69) is 31.8 Å². The minimum Gasteiger partial charge on any atom is -0.497 e. The highest BCUT2D eigenvalue weighted by molar-refractivity contribution is 9.10. The molecule has 0 aliphatic carbocycles. The molecule has 1 unspecified atom stereocenters. The molecule has 0 aliphatic rings. The van der Waals surface area contributed by atoms with Gasteiger partial charge in [0.1, 0.15) is 17.5 Å². The lowest BCUT2D eigenvalue weighted by atomic mass is 10.0. The summed E-state index contributed by atoms with van der Waals surface area (Å²) in [5.74, 6) is 0.521. The van der Waals surface area contributed by atoms with Gasteiger partial charge in [-0.1, -0.05) is 13.8 Å². The second-order valence-corrected chi connectivity index (χ2v) is 8.37. The van der Waals surface area contributed by atoms with Gasteiger partial charge in [0.15, 0.2) is 0 Å². The largest absolute Gasteiger partial charge is 0.497 e. The maximum Gasteiger partial charge on any atom is 0.262 e. The van der Waals surface area contributed by atoms with E-state index < -0.39 is 11.9 Å². The van der Waals surface area contributed by atoms with Gasteiger partial charge in [0, 0.05) is 5.56 Å². The number of hydrazone groups is 1. The molecule has 2 rings (SSSR count). The number of benzene rings is 2. The van der Waals surface area contributed by atoms with E-state index in [1.54, 1.807) is 31.4 Å². The Kier molecular flexibility index (Phi) is 9.05. The Morgan fingerprint density at radius 3 is 2.29 bits per heavy atom. The van der Waals surface area contributed by atoms with Crippen LogP contribution in [0.15, 0.2) is 52.0 Å². The van der Waals surface area contributed by atoms with E-state index in [0.29, 0.717) is 11.3 Å². The van der Waals surface area contributed by atoms with Crippen LogP contribution in [0.4, 0.5) is 0 Å². The first-order valence-corrected chi connectivity index (χ1v) is 10.7. The van der Waals surface area contributed by atoms with Crippen molar-refractivity contribution in [1.82, 2.24) is 10.7 Å². The fraction of sp³-hybridized carbons (Fsp3) is 0.348. The van der Waals surface area contributed by atoms with Crippen molar-refractivity contribution in [2.24, 2.45) is 11.0 Å². The quantitative estimate of drug-likeness (QED) is 0.408. The second kappa shape index (κ2) is 11.5. The highest BCUT2D eigenvalue weighted by Gasteiger charge is 2.24. The number of halogens is 1. The molecule has 0 heterocycles. The van der Waals surface area contributed by atoms with E-state index in [9.17, 15) is 9.59 Å². The number of methoxy groups -OCH3 is 1. The average Bonchev–Trinajstić information content (AvgIpc) is 2.73. The molecule has 0 fully saturated rings. The summed E-state index contributed by atoms with van der Waals surface area (Å²) >= 11 is 3.47. The lowest BCUT2D eigenvalue weighted by Crippen LogP contribution is -2.48. The third-order valence-electron chi connectivity index (χ3n) is 4.29. The zero-order valence-electron chi connectivity index (χ0n) is 18.3. The van der Waals surface area contributed by atoms with Crippen LogP contribution in [0.2, 0.25) is 0 Å². The molecule has 8 heteroatoms. The number of rotatable bonds is 9. The van der Waals surface area contributed by atoms with E-state index >= 15 is 0 Å². The Morgan fingerprint density at radius 1 is 1.06 bits per heavy atom. The monoisotopic (exact) mass is 489 g/mol. The highest BCUT2D eigenvalue weighted by Crippen LogP contribution is 2.26. The maximum absolute atomic E-state index is 12.6. The Labute approximate surface area is 191 Å². The molecule has 2 amide bonds. The van der Waals surface area contributed by atoms with Gasteiger partial charge in [-0.2, -0.15) is 5.10 Å². The number of hydrogen-bond acceptors (Lipinski definition) is 5. The van der Waals surface area contributed by atoms with Crippen molar-refractivity contribution in [3.8, 4) is 11.5 Å². The van der Waals surface area contributed by atoms with Crippen LogP contribution in [0.1, 0.15) is 43.6 Å². The molecule has 0 saturated carbocycles. The minimum absolute atomic E-state index is 0.0659. The third-order valence-corrected chi connectivity index (χ3v) is 4.91. The van der Waals surface area contributed by atoms with Crippen molar-refractivity contribution in [2.75, 3.05) is 7.11 Å². The van der Waals surface area contributed by atoms with Crippen LogP contribution in [0.25, 0.3) is 0 Å². The van der Waals surface area contributed by atoms with E-state index in [4.69, 9.17) is 9.47 Å². The van der Waals surface area contributed by atoms with Gasteiger partial charge in [0.05, 0.1) is 23.9 Å². The lowest BCUT2D eigenvalue weighted by Gasteiger charge is -2.20. The SMILES string of the molecule is COc1ccc(C(=O)NC(C(=O)NN=Cc2ccc(OC(C)C)c(Br)c2)C(C)C)cc1. The zero-order chi connectivity index (χ0) is 23.0. The Balaban J connectivity index is 2.00. The minimum atomic E-state index is -0.736. The molecule has 2 aromatic rings. The van der Waals surface area contributed by atoms with Crippen molar-refractivity contribution in [1.29, 1.82) is 0 Å². The first kappa shape index (κ1) is 24.4. The summed E-state index contributed by atoms with van der Waals surface area (Å²) in [6.45, 7) is 7.62. The van der Waals surface area contributed by atoms with Crippen LogP contribution in [-0.2, 0) is 4.79 Å². The molecule has 7 nitrogen and oxygen atoms in total. The molecule has 0 saturated heterocycles. The van der Waals surface area contributed by atoms with Gasteiger partial charge in [-0.3, -0.25) is 9.59 Å². The van der Waals surface area contributed by atoms with Gasteiger partial charge >= 0.3 is 0 Å². The van der Waals surface area contributed by atoms with Gasteiger partial charge < -0.3 is 14.8 Å². The fourth-order valence-electron chi connectivity index (χ4n) is 2.69. The number of nitrogens with zero attached hydrogens (tertiary/aromatic N) is 1. The van der Waals surface area contributed by atoms with Gasteiger partial charge in [-0.15, -0.1) is 0 Å². The van der Waals surface area contributed by atoms with Crippen LogP contribution in [0.3, 0.4) is 0 Å². The molecule has 0 aliphatic heterocycles. The number of hydrogen-bond donors (Lipinski definition) is 2. The van der Waals surface area contributed by atoms with E-state index in [0.717, 1.165) is 15.8 Å². The molecule has 0 spiro atoms. The molecule has 0 aromatic heterocycles. The second-order valence-electron chi connectivity index (χ2n) is 7.51. The Bertz CT molecular complexity index is 927. The van der Waals surface area contributed by atoms with Gasteiger partial charge in [-0.05, 0) is 83.7 Å². The molecular weight excluding hydrogens is 462 g/mol. The molecule has 31 heavy (non-hydrogen) atoms. The first-order valence-electron chi connectivity index (χ1n) is 9.95. The molecule has 2 N–H and O–H groups in total. The van der Waals surface area contributed by atoms with Crippen LogP contribution in [-0.4, -0.2) is 37.3 Å². The number of amides is 2. The molecule has 166 valence electrons. The van der Waals surface area contributed by atoms with Crippen molar-refractivity contribution in [3.63, 3.8) is 0 Å². The van der Waals surface area contributed by atoms with E-state index in [1.165, 1.54) is 6.21 Å². The Morgan fingerprint density at radius 2 is 1.74 bits per heavy atom. The van der Waals surface area contributed by atoms with Gasteiger partial charge in [0.25, 0.3) is 11.8 Å². The van der Waals surface area contributed by atoms with Crippen LogP contribution >= 0.6 is 15.9 Å². The summed E-state index contributed by atoms with van der Waals surface area (Å²) < 4.78 is 11.6. The van der Waals surface area contributed by atoms with Crippen LogP contribution < -0.4 is 20.2 Å². The predicted molar refractivity (Wildman–Crippen MR) is 125 cm³/mol. The highest BCUT2D eigenvalue weighted by atomic mass is 79.9. The molecule has 0 radical (unpaired) electrons. The summed E-state index contributed by atoms with van der Waals surface area (Å²) in [5.41, 5.74) is 3.73. The molecule has 1 atom stereocenters. The van der Waals surface area contributed by atoms with E-state index in [-0.39, 0.29) is 17.9 Å². The Hall–Kier alpha value is -2.87. The maximum atomic E-state index is 12.6. The summed E-state index contributed by atoms with van der Waals surface area (Å²) in [6.07, 6.45) is 1.60. The average molecular weight is 490 g/mol. The van der Waals surface area contributed by atoms with Crippen molar-refractivity contribution in [2.45, 2.75) is 39.8 Å². The molecule has 2 aromatic carbocycles. The zero-order valence-corrected chi connectivity index (χ0v) is 19.9. The number of nitrogens with one attached hydrogen (secondary N) is 2. The fourth-order valence-corrected chi connectivity index (χ4v) is 3.18. The normalized spacial score (nSPS) is 12.1. The number of ether oxygens (including phenoxy) is 2. The summed E-state index contributed by atoms with van der Waals surface area (Å²) in [7, 11) is 1.56. The lowest BCUT2D eigenvalue weighted by molar-refractivity contribution is -0.123. The van der Waals surface area contributed by atoms with Crippen molar-refractivity contribution in [3.05, 3.63) is 58.1 Å². The van der Waals surface area contributed by atoms with Gasteiger partial charge in [-0.25, -0.2) is 5.43 Å². The van der Waals surface area contributed by atoms with E-state index in [1.807, 2.05) is 45.9 Å². The van der Waals surface area contributed by atoms with Crippen LogP contribution in [0.5, 0.6) is 11.5 Å². The topological polar surface area (TPSA) is 89.0 Å². The standard InChI is InChI=1S/C23H28BrN3O4/c1-14(2)21(26-22(28)17-7-9-18(30-5)10-8-17)23(29)27-25-13-16-6-11-20(19(24)12-16)31-15(3)4/h6-15,21H,1-5H3,(H,26,28)(H,27,29). The van der Waals surface area contributed by atoms with Crippen molar-refractivity contribution >= 4 is 34.0 Å².